The Hall–Kier alpha value is -3.83. The summed E-state index contributed by atoms with van der Waals surface area (Å²) in [6.07, 6.45) is 9.09. The van der Waals surface area contributed by atoms with Gasteiger partial charge in [-0.3, -0.25) is 0 Å². The summed E-state index contributed by atoms with van der Waals surface area (Å²) in [6, 6.07) is 16.8. The number of rotatable bonds is 8. The Balaban J connectivity index is 1.31. The monoisotopic (exact) mass is 579 g/mol. The van der Waals surface area contributed by atoms with Gasteiger partial charge in [0.15, 0.2) is 0 Å². The summed E-state index contributed by atoms with van der Waals surface area (Å²) in [5.74, 6) is 1.52. The van der Waals surface area contributed by atoms with Gasteiger partial charge in [-0.15, -0.1) is 0 Å². The van der Waals surface area contributed by atoms with Crippen LogP contribution < -0.4 is 14.5 Å². The number of fused-ring (bicyclic) bond motifs is 2. The second kappa shape index (κ2) is 12.8. The van der Waals surface area contributed by atoms with Gasteiger partial charge in [0.25, 0.3) is 0 Å². The average molecular weight is 580 g/mol. The van der Waals surface area contributed by atoms with Gasteiger partial charge in [-0.2, -0.15) is 15.2 Å². The standard InChI is InChI=1S/C35H45N7O/c1-5-17-40-19-20-42(22-29(40)14-16-36)34-30-15-18-41(32-11-7-10-27-9-6-8-25(2)33(27)32)23-31(30)37-35(38-34)43-24-26-12-13-28(21-26)39(3)4/h5-11,17,26,28-29H,12-15,18-24H2,1-4H3. The molecule has 8 heteroatoms. The van der Waals surface area contributed by atoms with Gasteiger partial charge in [-0.1, -0.05) is 36.4 Å². The van der Waals surface area contributed by atoms with E-state index in [1.807, 2.05) is 6.92 Å². The Bertz CT molecular complexity index is 1510. The number of aryl methyl sites for hydroxylation is 1. The number of allylic oxidation sites excluding steroid dienone is 1. The first kappa shape index (κ1) is 29.3. The van der Waals surface area contributed by atoms with Crippen LogP contribution in [0.1, 0.15) is 49.4 Å². The third kappa shape index (κ3) is 6.14. The normalized spacial score (nSPS) is 22.4. The number of ether oxygens (including phenoxy) is 1. The summed E-state index contributed by atoms with van der Waals surface area (Å²) >= 11 is 0. The maximum atomic E-state index is 9.58. The van der Waals surface area contributed by atoms with Gasteiger partial charge in [0, 0.05) is 48.9 Å². The number of hydrogen-bond acceptors (Lipinski definition) is 8. The zero-order chi connectivity index (χ0) is 29.9. The molecule has 1 saturated heterocycles. The third-order valence-electron chi connectivity index (χ3n) is 9.64. The number of nitrogens with zero attached hydrogens (tertiary/aromatic N) is 7. The molecule has 2 aromatic carbocycles. The highest BCUT2D eigenvalue weighted by atomic mass is 16.5. The van der Waals surface area contributed by atoms with Gasteiger partial charge in [0.2, 0.25) is 0 Å². The molecule has 1 aromatic heterocycles. The SMILES string of the molecule is CC=CN1CCN(c2nc(OCC3CCC(N(C)C)C3)nc3c2CCN(c2cccc4cccc(C)c24)C3)CC1CC#N. The topological polar surface area (TPSA) is 71.8 Å². The van der Waals surface area contributed by atoms with E-state index >= 15 is 0 Å². The fourth-order valence-electron chi connectivity index (χ4n) is 7.29. The highest BCUT2D eigenvalue weighted by Crippen LogP contribution is 2.36. The van der Waals surface area contributed by atoms with Gasteiger partial charge in [-0.25, -0.2) is 0 Å². The summed E-state index contributed by atoms with van der Waals surface area (Å²) in [5.41, 5.74) is 4.84. The summed E-state index contributed by atoms with van der Waals surface area (Å²) in [6.45, 7) is 9.00. The van der Waals surface area contributed by atoms with Crippen LogP contribution in [0.2, 0.25) is 0 Å². The van der Waals surface area contributed by atoms with Gasteiger partial charge in [-0.05, 0) is 82.8 Å². The van der Waals surface area contributed by atoms with Crippen molar-refractivity contribution < 1.29 is 4.74 Å². The number of benzene rings is 2. The van der Waals surface area contributed by atoms with E-state index in [0.717, 1.165) is 57.1 Å². The molecular weight excluding hydrogens is 534 g/mol. The Kier molecular flexibility index (Phi) is 8.71. The molecule has 2 aliphatic heterocycles. The Morgan fingerprint density at radius 3 is 2.67 bits per heavy atom. The van der Waals surface area contributed by atoms with E-state index in [1.165, 1.54) is 40.4 Å². The van der Waals surface area contributed by atoms with Gasteiger partial charge >= 0.3 is 6.01 Å². The molecule has 0 radical (unpaired) electrons. The van der Waals surface area contributed by atoms with E-state index in [9.17, 15) is 5.26 Å². The van der Waals surface area contributed by atoms with Crippen LogP contribution in [0.4, 0.5) is 11.5 Å². The van der Waals surface area contributed by atoms with Crippen LogP contribution in [0, 0.1) is 24.2 Å². The molecule has 3 aromatic rings. The van der Waals surface area contributed by atoms with Crippen LogP contribution in [0.3, 0.4) is 0 Å². The molecule has 3 unspecified atom stereocenters. The van der Waals surface area contributed by atoms with Crippen molar-refractivity contribution in [2.24, 2.45) is 5.92 Å². The predicted octanol–water partition coefficient (Wildman–Crippen LogP) is 5.55. The van der Waals surface area contributed by atoms with Crippen molar-refractivity contribution in [3.05, 3.63) is 65.5 Å². The molecule has 6 rings (SSSR count). The molecule has 3 heterocycles. The van der Waals surface area contributed by atoms with E-state index in [0.29, 0.717) is 31.0 Å². The summed E-state index contributed by atoms with van der Waals surface area (Å²) < 4.78 is 6.42. The second-order valence-electron chi connectivity index (χ2n) is 12.7. The van der Waals surface area contributed by atoms with Crippen LogP contribution in [0.15, 0.2) is 48.7 Å². The minimum atomic E-state index is 0.130. The largest absolute Gasteiger partial charge is 0.463 e. The van der Waals surface area contributed by atoms with Gasteiger partial charge in [0.1, 0.15) is 5.82 Å². The highest BCUT2D eigenvalue weighted by Gasteiger charge is 2.32. The lowest BCUT2D eigenvalue weighted by Gasteiger charge is -2.42. The van der Waals surface area contributed by atoms with Crippen molar-refractivity contribution in [1.29, 1.82) is 5.26 Å². The number of anilines is 2. The molecule has 1 aliphatic carbocycles. The molecule has 226 valence electrons. The average Bonchev–Trinajstić information content (AvgIpc) is 3.50. The van der Waals surface area contributed by atoms with Crippen LogP contribution in [0.25, 0.3) is 10.8 Å². The van der Waals surface area contributed by atoms with E-state index in [4.69, 9.17) is 14.7 Å². The third-order valence-corrected chi connectivity index (χ3v) is 9.64. The Morgan fingerprint density at radius 1 is 1.07 bits per heavy atom. The zero-order valence-corrected chi connectivity index (χ0v) is 26.2. The molecule has 2 fully saturated rings. The van der Waals surface area contributed by atoms with Crippen LogP contribution in [-0.4, -0.2) is 78.7 Å². The molecule has 8 nitrogen and oxygen atoms in total. The van der Waals surface area contributed by atoms with E-state index in [2.05, 4.69) is 95.4 Å². The van der Waals surface area contributed by atoms with Gasteiger partial charge in [0.05, 0.1) is 37.4 Å². The highest BCUT2D eigenvalue weighted by molar-refractivity contribution is 5.97. The first-order chi connectivity index (χ1) is 20.9. The molecule has 3 atom stereocenters. The molecule has 43 heavy (non-hydrogen) atoms. The lowest BCUT2D eigenvalue weighted by atomic mass is 9.99. The zero-order valence-electron chi connectivity index (χ0n) is 26.2. The fourth-order valence-corrected chi connectivity index (χ4v) is 7.29. The first-order valence-corrected chi connectivity index (χ1v) is 15.9. The molecule has 0 bridgehead atoms. The molecule has 0 amide bonds. The number of hydrogen-bond donors (Lipinski definition) is 0. The lowest BCUT2D eigenvalue weighted by Crippen LogP contribution is -2.51. The molecule has 0 spiro atoms. The summed E-state index contributed by atoms with van der Waals surface area (Å²) in [5, 5.41) is 12.2. The first-order valence-electron chi connectivity index (χ1n) is 15.9. The Morgan fingerprint density at radius 2 is 1.91 bits per heavy atom. The number of piperazine rings is 1. The van der Waals surface area contributed by atoms with Crippen LogP contribution in [-0.2, 0) is 13.0 Å². The predicted molar refractivity (Wildman–Crippen MR) is 174 cm³/mol. The van der Waals surface area contributed by atoms with Crippen molar-refractivity contribution in [3.8, 4) is 12.1 Å². The van der Waals surface area contributed by atoms with Crippen molar-refractivity contribution in [2.75, 3.05) is 56.7 Å². The maximum Gasteiger partial charge on any atom is 0.318 e. The number of aromatic nitrogens is 2. The minimum Gasteiger partial charge on any atom is -0.463 e. The Labute approximate surface area is 256 Å². The molecule has 0 N–H and O–H groups in total. The van der Waals surface area contributed by atoms with E-state index in [1.54, 1.807) is 0 Å². The molecular formula is C35H45N7O. The summed E-state index contributed by atoms with van der Waals surface area (Å²) in [7, 11) is 4.34. The van der Waals surface area contributed by atoms with E-state index in [-0.39, 0.29) is 6.04 Å². The van der Waals surface area contributed by atoms with Crippen LogP contribution in [0.5, 0.6) is 6.01 Å². The quantitative estimate of drug-likeness (QED) is 0.344. The van der Waals surface area contributed by atoms with Crippen molar-refractivity contribution in [2.45, 2.75) is 64.6 Å². The van der Waals surface area contributed by atoms with Crippen LogP contribution >= 0.6 is 0 Å². The van der Waals surface area contributed by atoms with Crippen molar-refractivity contribution in [1.82, 2.24) is 19.8 Å². The van der Waals surface area contributed by atoms with Crippen molar-refractivity contribution >= 4 is 22.3 Å². The summed E-state index contributed by atoms with van der Waals surface area (Å²) in [4.78, 5) is 19.7. The van der Waals surface area contributed by atoms with Crippen molar-refractivity contribution in [3.63, 3.8) is 0 Å². The minimum absolute atomic E-state index is 0.130. The number of nitriles is 1. The molecule has 1 saturated carbocycles. The molecule has 3 aliphatic rings. The fraction of sp³-hybridized carbons (Fsp3) is 0.514. The van der Waals surface area contributed by atoms with Gasteiger partial charge < -0.3 is 24.3 Å². The maximum absolute atomic E-state index is 9.58. The smallest absolute Gasteiger partial charge is 0.318 e. The lowest BCUT2D eigenvalue weighted by molar-refractivity contribution is 0.219. The second-order valence-corrected chi connectivity index (χ2v) is 12.7. The van der Waals surface area contributed by atoms with E-state index < -0.39 is 0 Å².